The first-order valence-corrected chi connectivity index (χ1v) is 7.62. The molecule has 0 radical (unpaired) electrons. The van der Waals surface area contributed by atoms with Crippen LogP contribution in [0.4, 0.5) is 4.39 Å². The number of aromatic nitrogens is 2. The fourth-order valence-corrected chi connectivity index (χ4v) is 3.10. The van der Waals surface area contributed by atoms with Crippen molar-refractivity contribution in [1.29, 1.82) is 0 Å². The van der Waals surface area contributed by atoms with Crippen LogP contribution in [0.5, 0.6) is 0 Å². The number of thiophene rings is 1. The molecular formula is C16H16FN3S. The first-order valence-electron chi connectivity index (χ1n) is 6.74. The summed E-state index contributed by atoms with van der Waals surface area (Å²) in [7, 11) is 0. The van der Waals surface area contributed by atoms with Gasteiger partial charge in [0.25, 0.3) is 0 Å². The monoisotopic (exact) mass is 301 g/mol. The Labute approximate surface area is 126 Å². The molecule has 0 fully saturated rings. The van der Waals surface area contributed by atoms with Gasteiger partial charge in [-0.15, -0.1) is 11.3 Å². The second-order valence-electron chi connectivity index (χ2n) is 4.95. The third-order valence-electron chi connectivity index (χ3n) is 3.62. The number of benzene rings is 1. The minimum absolute atomic E-state index is 0.0232. The van der Waals surface area contributed by atoms with E-state index in [1.165, 1.54) is 12.1 Å². The van der Waals surface area contributed by atoms with Gasteiger partial charge >= 0.3 is 0 Å². The topological polar surface area (TPSA) is 43.8 Å². The van der Waals surface area contributed by atoms with Crippen molar-refractivity contribution < 1.29 is 4.39 Å². The molecule has 21 heavy (non-hydrogen) atoms. The molecule has 2 N–H and O–H groups in total. The Balaban J connectivity index is 1.90. The molecule has 3 aromatic rings. The predicted molar refractivity (Wildman–Crippen MR) is 83.6 cm³/mol. The van der Waals surface area contributed by atoms with Crippen molar-refractivity contribution in [2.24, 2.45) is 5.73 Å². The quantitative estimate of drug-likeness (QED) is 0.791. The molecule has 3 nitrogen and oxygen atoms in total. The number of nitrogens with two attached hydrogens (primary N) is 1. The minimum Gasteiger partial charge on any atom is -0.326 e. The second kappa shape index (κ2) is 5.79. The van der Waals surface area contributed by atoms with Crippen LogP contribution in [0.3, 0.4) is 0 Å². The zero-order chi connectivity index (χ0) is 14.8. The molecule has 0 amide bonds. The van der Waals surface area contributed by atoms with Crippen LogP contribution in [-0.2, 0) is 0 Å². The van der Waals surface area contributed by atoms with Crippen LogP contribution in [-0.4, -0.2) is 9.55 Å². The highest BCUT2D eigenvalue weighted by molar-refractivity contribution is 7.13. The van der Waals surface area contributed by atoms with E-state index < -0.39 is 0 Å². The van der Waals surface area contributed by atoms with Crippen LogP contribution < -0.4 is 5.73 Å². The lowest BCUT2D eigenvalue weighted by Crippen LogP contribution is -2.22. The molecule has 1 aromatic carbocycles. The van der Waals surface area contributed by atoms with Crippen molar-refractivity contribution in [1.82, 2.24) is 9.55 Å². The number of hydrogen-bond acceptors (Lipinski definition) is 3. The smallest absolute Gasteiger partial charge is 0.150 e. The van der Waals surface area contributed by atoms with Crippen molar-refractivity contribution >= 4 is 11.3 Å². The lowest BCUT2D eigenvalue weighted by molar-refractivity contribution is 0.456. The standard InChI is InChI=1S/C16H16FN3S/c1-11(15(18)12-4-6-13(17)7-5-12)20-9-8-19-16(20)14-3-2-10-21-14/h2-11,15H,18H2,1H3. The molecule has 108 valence electrons. The Hall–Kier alpha value is -1.98. The molecule has 0 saturated heterocycles. The maximum absolute atomic E-state index is 13.0. The van der Waals surface area contributed by atoms with Crippen LogP contribution in [0.15, 0.2) is 54.2 Å². The zero-order valence-electron chi connectivity index (χ0n) is 11.6. The van der Waals surface area contributed by atoms with E-state index in [1.807, 2.05) is 30.6 Å². The van der Waals surface area contributed by atoms with E-state index >= 15 is 0 Å². The van der Waals surface area contributed by atoms with Gasteiger partial charge in [0.2, 0.25) is 0 Å². The predicted octanol–water partition coefficient (Wildman–Crippen LogP) is 4.01. The third kappa shape index (κ3) is 2.75. The van der Waals surface area contributed by atoms with Gasteiger partial charge in [0.15, 0.2) is 0 Å². The molecule has 2 unspecified atom stereocenters. The summed E-state index contributed by atoms with van der Waals surface area (Å²) in [6.07, 6.45) is 3.71. The Bertz CT molecular complexity index is 703. The minimum atomic E-state index is -0.250. The number of nitrogens with zero attached hydrogens (tertiary/aromatic N) is 2. The molecule has 0 spiro atoms. The largest absolute Gasteiger partial charge is 0.326 e. The van der Waals surface area contributed by atoms with Crippen LogP contribution in [0.1, 0.15) is 24.6 Å². The number of hydrogen-bond donors (Lipinski definition) is 1. The molecule has 0 aliphatic carbocycles. The Morgan fingerprint density at radius 2 is 2.00 bits per heavy atom. The Morgan fingerprint density at radius 3 is 2.67 bits per heavy atom. The first-order chi connectivity index (χ1) is 10.2. The summed E-state index contributed by atoms with van der Waals surface area (Å²) < 4.78 is 15.1. The van der Waals surface area contributed by atoms with Crippen molar-refractivity contribution in [3.8, 4) is 10.7 Å². The number of rotatable bonds is 4. The molecule has 0 aliphatic rings. The summed E-state index contributed by atoms with van der Waals surface area (Å²) >= 11 is 1.65. The van der Waals surface area contributed by atoms with Crippen LogP contribution in [0.25, 0.3) is 10.7 Å². The van der Waals surface area contributed by atoms with Gasteiger partial charge in [-0.3, -0.25) is 0 Å². The molecule has 0 bridgehead atoms. The van der Waals surface area contributed by atoms with Crippen molar-refractivity contribution in [2.75, 3.05) is 0 Å². The van der Waals surface area contributed by atoms with Crippen molar-refractivity contribution in [3.63, 3.8) is 0 Å². The molecular weight excluding hydrogens is 285 g/mol. The maximum atomic E-state index is 13.0. The average Bonchev–Trinajstić information content (AvgIpc) is 3.17. The summed E-state index contributed by atoms with van der Waals surface area (Å²) in [6.45, 7) is 2.05. The maximum Gasteiger partial charge on any atom is 0.150 e. The molecule has 5 heteroatoms. The highest BCUT2D eigenvalue weighted by Crippen LogP contribution is 2.30. The Kier molecular flexibility index (Phi) is 3.86. The van der Waals surface area contributed by atoms with Crippen LogP contribution >= 0.6 is 11.3 Å². The second-order valence-corrected chi connectivity index (χ2v) is 5.90. The van der Waals surface area contributed by atoms with Crippen molar-refractivity contribution in [2.45, 2.75) is 19.0 Å². The van der Waals surface area contributed by atoms with E-state index in [2.05, 4.69) is 9.55 Å². The number of halogens is 1. The SMILES string of the molecule is CC(C(N)c1ccc(F)cc1)n1ccnc1-c1cccs1. The third-order valence-corrected chi connectivity index (χ3v) is 4.49. The fraction of sp³-hybridized carbons (Fsp3) is 0.188. The van der Waals surface area contributed by atoms with E-state index in [9.17, 15) is 4.39 Å². The normalized spacial score (nSPS) is 14.0. The average molecular weight is 301 g/mol. The molecule has 3 rings (SSSR count). The van der Waals surface area contributed by atoms with E-state index in [1.54, 1.807) is 29.7 Å². The number of imidazole rings is 1. The van der Waals surface area contributed by atoms with Gasteiger partial charge in [0.1, 0.15) is 11.6 Å². The van der Waals surface area contributed by atoms with Gasteiger partial charge in [0.05, 0.1) is 17.0 Å². The summed E-state index contributed by atoms with van der Waals surface area (Å²) in [5.74, 6) is 0.663. The van der Waals surface area contributed by atoms with Crippen LogP contribution in [0.2, 0.25) is 0 Å². The van der Waals surface area contributed by atoms with Gasteiger partial charge in [-0.1, -0.05) is 18.2 Å². The molecule has 0 saturated carbocycles. The van der Waals surface area contributed by atoms with E-state index in [4.69, 9.17) is 5.73 Å². The summed E-state index contributed by atoms with van der Waals surface area (Å²) in [5.41, 5.74) is 7.25. The molecule has 2 atom stereocenters. The molecule has 2 aromatic heterocycles. The van der Waals surface area contributed by atoms with Gasteiger partial charge in [-0.2, -0.15) is 0 Å². The van der Waals surface area contributed by atoms with Gasteiger partial charge < -0.3 is 10.3 Å². The molecule has 2 heterocycles. The van der Waals surface area contributed by atoms with Crippen molar-refractivity contribution in [3.05, 3.63) is 65.6 Å². The lowest BCUT2D eigenvalue weighted by Gasteiger charge is -2.23. The summed E-state index contributed by atoms with van der Waals surface area (Å²) in [4.78, 5) is 5.54. The molecule has 0 aliphatic heterocycles. The highest BCUT2D eigenvalue weighted by atomic mass is 32.1. The van der Waals surface area contributed by atoms with Gasteiger partial charge in [-0.05, 0) is 36.1 Å². The zero-order valence-corrected chi connectivity index (χ0v) is 12.4. The van der Waals surface area contributed by atoms with E-state index in [-0.39, 0.29) is 17.9 Å². The Morgan fingerprint density at radius 1 is 1.24 bits per heavy atom. The highest BCUT2D eigenvalue weighted by Gasteiger charge is 2.20. The van der Waals surface area contributed by atoms with Gasteiger partial charge in [-0.25, -0.2) is 9.37 Å². The van der Waals surface area contributed by atoms with E-state index in [0.717, 1.165) is 16.3 Å². The fourth-order valence-electron chi connectivity index (χ4n) is 2.37. The van der Waals surface area contributed by atoms with Gasteiger partial charge in [0, 0.05) is 12.4 Å². The lowest BCUT2D eigenvalue weighted by atomic mass is 10.0. The summed E-state index contributed by atoms with van der Waals surface area (Å²) in [5, 5.41) is 2.03. The first kappa shape index (κ1) is 14.0. The van der Waals surface area contributed by atoms with E-state index in [0.29, 0.717) is 0 Å². The summed E-state index contributed by atoms with van der Waals surface area (Å²) in [6, 6.07) is 10.2. The van der Waals surface area contributed by atoms with Crippen LogP contribution in [0, 0.1) is 5.82 Å².